The van der Waals surface area contributed by atoms with E-state index in [1.165, 1.54) is 44.9 Å². The predicted octanol–water partition coefficient (Wildman–Crippen LogP) is 8.66. The molecule has 0 bridgehead atoms. The van der Waals surface area contributed by atoms with Gasteiger partial charge in [0, 0.05) is 44.1 Å². The first-order valence-corrected chi connectivity index (χ1v) is 14.4. The number of aliphatic hydroxyl groups excluding tert-OH is 1. The van der Waals surface area contributed by atoms with Crippen molar-refractivity contribution in [2.75, 3.05) is 0 Å². The van der Waals surface area contributed by atoms with Crippen molar-refractivity contribution in [1.29, 1.82) is 0 Å². The monoisotopic (exact) mass is 681 g/mol. The first-order valence-electron chi connectivity index (χ1n) is 14.4. The smallest absolute Gasteiger partial charge is 0.0622 e. The first kappa shape index (κ1) is 28.2. The van der Waals surface area contributed by atoms with Crippen molar-refractivity contribution < 1.29 is 49.2 Å². The molecule has 1 nitrogen and oxygen atoms in total. The molecule has 5 aliphatic rings. The summed E-state index contributed by atoms with van der Waals surface area (Å²) in [5.41, 5.74) is 3.73. The maximum absolute atomic E-state index is 11.2. The minimum atomic E-state index is -0.184. The van der Waals surface area contributed by atoms with Gasteiger partial charge in [0.25, 0.3) is 0 Å². The molecule has 0 aliphatic heterocycles. The van der Waals surface area contributed by atoms with E-state index in [0.717, 1.165) is 24.2 Å². The molecule has 2 heteroatoms. The molecule has 0 amide bonds. The van der Waals surface area contributed by atoms with E-state index in [1.807, 2.05) is 5.57 Å². The average Bonchev–Trinajstić information content (AvgIpc) is 2.72. The van der Waals surface area contributed by atoms with E-state index < -0.39 is 0 Å². The Bertz CT molecular complexity index is 857. The fourth-order valence-corrected chi connectivity index (χ4v) is 11.3. The van der Waals surface area contributed by atoms with E-state index in [1.54, 1.807) is 0 Å². The van der Waals surface area contributed by atoms with E-state index in [0.29, 0.717) is 33.5 Å². The van der Waals surface area contributed by atoms with Crippen molar-refractivity contribution in [3.63, 3.8) is 0 Å². The van der Waals surface area contributed by atoms with Crippen LogP contribution in [0, 0.1) is 106 Å². The molecule has 5 rings (SSSR count). The van der Waals surface area contributed by atoms with Crippen molar-refractivity contribution in [1.82, 2.24) is 0 Å². The van der Waals surface area contributed by atoms with Gasteiger partial charge in [0.1, 0.15) is 0 Å². The minimum Gasteiger partial charge on any atom is -0.392 e. The molecule has 5 aliphatic carbocycles. The molecule has 0 heterocycles. The summed E-state index contributed by atoms with van der Waals surface area (Å²) in [6, 6.07) is 0. The SMILES string of the molecule is CC1CCC2(C)C(CCC3(C)C2CC=C2C4CC(C)(C)C(O)C(C)C4(C)CCC23C)C1(C)C.[Ac]. The summed E-state index contributed by atoms with van der Waals surface area (Å²) in [7, 11) is 0. The van der Waals surface area contributed by atoms with Gasteiger partial charge in [-0.1, -0.05) is 80.9 Å². The molecule has 34 heavy (non-hydrogen) atoms. The van der Waals surface area contributed by atoms with Crippen molar-refractivity contribution in [3.05, 3.63) is 11.6 Å². The molecule has 1 N–H and O–H groups in total. The standard InChI is InChI=1S/C32H54O.Ac/c1-20-13-15-30(8)24(28(20,5)6)14-16-32(10)25(30)12-11-22-23-19-27(3,4)26(33)21(2)29(23,7)17-18-31(22,32)9;/h11,20-21,23-26,33H,12-19H2,1-10H3;. The second-order valence-electron chi connectivity index (χ2n) is 16.0. The Hall–Kier alpha value is 1.14. The molecule has 0 aromatic heterocycles. The average molecular weight is 682 g/mol. The molecule has 0 saturated heterocycles. The van der Waals surface area contributed by atoms with E-state index in [-0.39, 0.29) is 61.0 Å². The topological polar surface area (TPSA) is 20.2 Å². The van der Waals surface area contributed by atoms with Gasteiger partial charge in [-0.3, -0.25) is 0 Å². The number of rotatable bonds is 0. The first-order chi connectivity index (χ1) is 15.1. The van der Waals surface area contributed by atoms with E-state index in [4.69, 9.17) is 0 Å². The fraction of sp³-hybridized carbons (Fsp3) is 0.938. The molecule has 191 valence electrons. The maximum atomic E-state index is 11.2. The van der Waals surface area contributed by atoms with Gasteiger partial charge in [-0.15, -0.1) is 0 Å². The second-order valence-corrected chi connectivity index (χ2v) is 16.0. The maximum Gasteiger partial charge on any atom is 0.0622 e. The van der Waals surface area contributed by atoms with Crippen LogP contribution in [0.15, 0.2) is 11.6 Å². The van der Waals surface area contributed by atoms with Crippen LogP contribution in [0.4, 0.5) is 0 Å². The Morgan fingerprint density at radius 3 is 2.09 bits per heavy atom. The van der Waals surface area contributed by atoms with Crippen molar-refractivity contribution in [2.24, 2.45) is 62.1 Å². The zero-order valence-electron chi connectivity index (χ0n) is 24.2. The van der Waals surface area contributed by atoms with Crippen LogP contribution >= 0.6 is 0 Å². The summed E-state index contributed by atoms with van der Waals surface area (Å²) < 4.78 is 0. The third-order valence-electron chi connectivity index (χ3n) is 14.4. The van der Waals surface area contributed by atoms with Crippen LogP contribution in [-0.4, -0.2) is 11.2 Å². The van der Waals surface area contributed by atoms with Crippen molar-refractivity contribution in [2.45, 2.75) is 127 Å². The normalized spacial score (nSPS) is 55.4. The van der Waals surface area contributed by atoms with Crippen LogP contribution in [0.3, 0.4) is 0 Å². The number of aliphatic hydroxyl groups is 1. The van der Waals surface area contributed by atoms with Crippen LogP contribution < -0.4 is 0 Å². The molecule has 4 fully saturated rings. The second kappa shape index (κ2) is 8.32. The third kappa shape index (κ3) is 3.35. The van der Waals surface area contributed by atoms with Gasteiger partial charge in [0.15, 0.2) is 0 Å². The summed E-state index contributed by atoms with van der Waals surface area (Å²) in [6.45, 7) is 25.4. The van der Waals surface area contributed by atoms with Gasteiger partial charge in [0.2, 0.25) is 0 Å². The van der Waals surface area contributed by atoms with Gasteiger partial charge in [-0.2, -0.15) is 0 Å². The fourth-order valence-electron chi connectivity index (χ4n) is 11.3. The van der Waals surface area contributed by atoms with Gasteiger partial charge in [-0.25, -0.2) is 0 Å². The summed E-state index contributed by atoms with van der Waals surface area (Å²) >= 11 is 0. The summed E-state index contributed by atoms with van der Waals surface area (Å²) in [5, 5.41) is 11.2. The molecule has 10 atom stereocenters. The van der Waals surface area contributed by atoms with Crippen molar-refractivity contribution >= 4 is 0 Å². The Kier molecular flexibility index (Phi) is 6.89. The molecule has 4 saturated carbocycles. The summed E-state index contributed by atoms with van der Waals surface area (Å²) in [4.78, 5) is 0. The quantitative estimate of drug-likeness (QED) is 0.254. The van der Waals surface area contributed by atoms with Gasteiger partial charge in [-0.05, 0) is 113 Å². The molecule has 10 unspecified atom stereocenters. The molecule has 1 radical (unpaired) electrons. The Morgan fingerprint density at radius 1 is 0.794 bits per heavy atom. The minimum absolute atomic E-state index is 0. The zero-order valence-corrected chi connectivity index (χ0v) is 29.0. The molecular weight excluding hydrogens is 627 g/mol. The summed E-state index contributed by atoms with van der Waals surface area (Å²) in [5.74, 6) is 3.53. The number of allylic oxidation sites excluding steroid dienone is 2. The Balaban J connectivity index is 0.00000274. The Morgan fingerprint density at radius 2 is 1.44 bits per heavy atom. The van der Waals surface area contributed by atoms with E-state index >= 15 is 0 Å². The number of hydrogen-bond donors (Lipinski definition) is 1. The van der Waals surface area contributed by atoms with Crippen LogP contribution in [0.2, 0.25) is 0 Å². The summed E-state index contributed by atoms with van der Waals surface area (Å²) in [6.07, 6.45) is 13.3. The van der Waals surface area contributed by atoms with Crippen LogP contribution in [0.5, 0.6) is 0 Å². The Labute approximate surface area is 247 Å². The van der Waals surface area contributed by atoms with Crippen LogP contribution in [0.1, 0.15) is 121 Å². The van der Waals surface area contributed by atoms with Crippen molar-refractivity contribution in [3.8, 4) is 0 Å². The van der Waals surface area contributed by atoms with Crippen LogP contribution in [0.25, 0.3) is 0 Å². The number of hydrogen-bond acceptors (Lipinski definition) is 1. The van der Waals surface area contributed by atoms with Gasteiger partial charge in [0.05, 0.1) is 6.10 Å². The van der Waals surface area contributed by atoms with Gasteiger partial charge >= 0.3 is 0 Å². The zero-order chi connectivity index (χ0) is 24.4. The third-order valence-corrected chi connectivity index (χ3v) is 14.4. The predicted molar refractivity (Wildman–Crippen MR) is 140 cm³/mol. The van der Waals surface area contributed by atoms with E-state index in [9.17, 15) is 5.11 Å². The van der Waals surface area contributed by atoms with Gasteiger partial charge < -0.3 is 5.11 Å². The molecular formula is C32H54AcO. The molecule has 0 aromatic carbocycles. The molecule has 0 spiro atoms. The molecule has 0 aromatic rings. The van der Waals surface area contributed by atoms with E-state index in [2.05, 4.69) is 75.3 Å². The number of fused-ring (bicyclic) bond motifs is 7. The van der Waals surface area contributed by atoms with Crippen LogP contribution in [-0.2, 0) is 0 Å². The largest absolute Gasteiger partial charge is 0.392 e.